The van der Waals surface area contributed by atoms with Crippen LogP contribution in [-0.2, 0) is 4.79 Å². The minimum Gasteiger partial charge on any atom is -0.354 e. The van der Waals surface area contributed by atoms with Gasteiger partial charge in [0.05, 0.1) is 0 Å². The van der Waals surface area contributed by atoms with Gasteiger partial charge >= 0.3 is 0 Å². The number of amides is 1. The topological polar surface area (TPSA) is 29.1 Å². The molecule has 0 aromatic carbocycles. The monoisotopic (exact) mass is 183 g/mol. The molecule has 0 radical (unpaired) electrons. The average molecular weight is 183 g/mol. The predicted molar refractivity (Wildman–Crippen MR) is 56.5 cm³/mol. The first-order valence-electron chi connectivity index (χ1n) is 4.71. The van der Waals surface area contributed by atoms with E-state index in [0.717, 1.165) is 5.57 Å². The van der Waals surface area contributed by atoms with Crippen LogP contribution in [0.3, 0.4) is 0 Å². The Balaban J connectivity index is 4.01. The van der Waals surface area contributed by atoms with E-state index in [1.165, 1.54) is 0 Å². The van der Waals surface area contributed by atoms with Gasteiger partial charge in [-0.2, -0.15) is 0 Å². The second-order valence-corrected chi connectivity index (χ2v) is 4.75. The Hall–Kier alpha value is -0.790. The molecule has 0 spiro atoms. The van der Waals surface area contributed by atoms with E-state index in [1.807, 2.05) is 13.8 Å². The Morgan fingerprint density at radius 3 is 2.15 bits per heavy atom. The number of hydrogen-bond donors (Lipinski definition) is 1. The first kappa shape index (κ1) is 12.2. The fourth-order valence-corrected chi connectivity index (χ4v) is 0.832. The van der Waals surface area contributed by atoms with Crippen LogP contribution in [0.2, 0.25) is 0 Å². The van der Waals surface area contributed by atoms with E-state index in [4.69, 9.17) is 0 Å². The summed E-state index contributed by atoms with van der Waals surface area (Å²) >= 11 is 0. The molecule has 0 aliphatic carbocycles. The van der Waals surface area contributed by atoms with Crippen molar-refractivity contribution in [2.45, 2.75) is 47.1 Å². The predicted octanol–water partition coefficient (Wildman–Crippen LogP) is 2.50. The number of nitrogens with one attached hydrogen (secondary N) is 1. The normalized spacial score (nSPS) is 11.5. The van der Waals surface area contributed by atoms with Crippen LogP contribution in [0.25, 0.3) is 0 Å². The minimum absolute atomic E-state index is 0.0221. The van der Waals surface area contributed by atoms with E-state index in [2.05, 4.69) is 32.7 Å². The van der Waals surface area contributed by atoms with Gasteiger partial charge in [-0.15, -0.1) is 0 Å². The molecule has 2 nitrogen and oxygen atoms in total. The van der Waals surface area contributed by atoms with Crippen molar-refractivity contribution in [1.29, 1.82) is 0 Å². The highest BCUT2D eigenvalue weighted by molar-refractivity contribution is 5.78. The highest BCUT2D eigenvalue weighted by Crippen LogP contribution is 2.25. The first-order valence-corrected chi connectivity index (χ1v) is 4.71. The first-order chi connectivity index (χ1) is 5.73. The van der Waals surface area contributed by atoms with E-state index in [0.29, 0.717) is 6.42 Å². The molecule has 0 saturated heterocycles. The third-order valence-electron chi connectivity index (χ3n) is 1.88. The van der Waals surface area contributed by atoms with Crippen molar-refractivity contribution < 1.29 is 4.79 Å². The van der Waals surface area contributed by atoms with Crippen LogP contribution in [0.5, 0.6) is 0 Å². The molecule has 1 N–H and O–H groups in total. The summed E-state index contributed by atoms with van der Waals surface area (Å²) in [4.78, 5) is 11.3. The molecule has 0 aliphatic heterocycles. The number of carbonyl (C=O) groups is 1. The molecule has 2 heteroatoms. The maximum absolute atomic E-state index is 11.3. The molecular formula is C11H21NO. The van der Waals surface area contributed by atoms with Crippen LogP contribution in [0, 0.1) is 5.41 Å². The van der Waals surface area contributed by atoms with E-state index in [1.54, 1.807) is 0 Å². The SMILES string of the molecule is C=C(CC(=O)NC(C)C)C(C)(C)C. The molecule has 0 unspecified atom stereocenters. The molecule has 0 aromatic heterocycles. The van der Waals surface area contributed by atoms with E-state index < -0.39 is 0 Å². The number of carbonyl (C=O) groups excluding carboxylic acids is 1. The van der Waals surface area contributed by atoms with Crippen molar-refractivity contribution in [3.63, 3.8) is 0 Å². The van der Waals surface area contributed by atoms with Gasteiger partial charge in [0.15, 0.2) is 0 Å². The molecule has 1 amide bonds. The Morgan fingerprint density at radius 1 is 1.38 bits per heavy atom. The molecule has 13 heavy (non-hydrogen) atoms. The Bertz CT molecular complexity index is 199. The van der Waals surface area contributed by atoms with Crippen molar-refractivity contribution in [3.8, 4) is 0 Å². The zero-order chi connectivity index (χ0) is 10.6. The lowest BCUT2D eigenvalue weighted by atomic mass is 9.85. The van der Waals surface area contributed by atoms with Gasteiger partial charge in [0.25, 0.3) is 0 Å². The fourth-order valence-electron chi connectivity index (χ4n) is 0.832. The molecule has 0 heterocycles. The van der Waals surface area contributed by atoms with Crippen molar-refractivity contribution in [1.82, 2.24) is 5.32 Å². The Kier molecular flexibility index (Phi) is 4.18. The summed E-state index contributed by atoms with van der Waals surface area (Å²) in [5.41, 5.74) is 1.000. The maximum Gasteiger partial charge on any atom is 0.224 e. The summed E-state index contributed by atoms with van der Waals surface area (Å²) in [6.45, 7) is 14.0. The van der Waals surface area contributed by atoms with Crippen LogP contribution < -0.4 is 5.32 Å². The lowest BCUT2D eigenvalue weighted by Gasteiger charge is -2.21. The zero-order valence-electron chi connectivity index (χ0n) is 9.40. The van der Waals surface area contributed by atoms with E-state index in [9.17, 15) is 4.79 Å². The fraction of sp³-hybridized carbons (Fsp3) is 0.727. The Morgan fingerprint density at radius 2 is 1.85 bits per heavy atom. The highest BCUT2D eigenvalue weighted by Gasteiger charge is 2.17. The van der Waals surface area contributed by atoms with Crippen molar-refractivity contribution >= 4 is 5.91 Å². The van der Waals surface area contributed by atoms with Gasteiger partial charge in [0, 0.05) is 12.5 Å². The summed E-state index contributed by atoms with van der Waals surface area (Å²) in [5.74, 6) is 0.0647. The second-order valence-electron chi connectivity index (χ2n) is 4.75. The summed E-state index contributed by atoms with van der Waals surface area (Å²) in [7, 11) is 0. The van der Waals surface area contributed by atoms with Crippen LogP contribution in [0.1, 0.15) is 41.0 Å². The van der Waals surface area contributed by atoms with E-state index >= 15 is 0 Å². The molecule has 0 atom stereocenters. The largest absolute Gasteiger partial charge is 0.354 e. The standard InChI is InChI=1S/C11H21NO/c1-8(2)12-10(13)7-9(3)11(4,5)6/h8H,3,7H2,1-2,4-6H3,(H,12,13). The Labute approximate surface area is 81.4 Å². The van der Waals surface area contributed by atoms with Crippen LogP contribution in [0.4, 0.5) is 0 Å². The molecule has 0 fully saturated rings. The maximum atomic E-state index is 11.3. The minimum atomic E-state index is 0.0221. The van der Waals surface area contributed by atoms with Gasteiger partial charge in [0.1, 0.15) is 0 Å². The van der Waals surface area contributed by atoms with Crippen molar-refractivity contribution in [2.24, 2.45) is 5.41 Å². The molecule has 0 aliphatic rings. The third kappa shape index (κ3) is 5.45. The smallest absolute Gasteiger partial charge is 0.224 e. The number of rotatable bonds is 3. The van der Waals surface area contributed by atoms with Gasteiger partial charge in [-0.05, 0) is 19.3 Å². The lowest BCUT2D eigenvalue weighted by Crippen LogP contribution is -2.31. The molecule has 0 rings (SSSR count). The quantitative estimate of drug-likeness (QED) is 0.669. The molecular weight excluding hydrogens is 162 g/mol. The summed E-state index contributed by atoms with van der Waals surface area (Å²) in [6.07, 6.45) is 0.432. The van der Waals surface area contributed by atoms with Gasteiger partial charge in [-0.25, -0.2) is 0 Å². The van der Waals surface area contributed by atoms with E-state index in [-0.39, 0.29) is 17.4 Å². The molecule has 0 aromatic rings. The van der Waals surface area contributed by atoms with Crippen molar-refractivity contribution in [2.75, 3.05) is 0 Å². The summed E-state index contributed by atoms with van der Waals surface area (Å²) < 4.78 is 0. The molecule has 0 saturated carbocycles. The van der Waals surface area contributed by atoms with Gasteiger partial charge in [-0.1, -0.05) is 32.9 Å². The molecule has 0 bridgehead atoms. The van der Waals surface area contributed by atoms with Crippen LogP contribution in [-0.4, -0.2) is 11.9 Å². The number of hydrogen-bond acceptors (Lipinski definition) is 1. The lowest BCUT2D eigenvalue weighted by molar-refractivity contribution is -0.121. The van der Waals surface area contributed by atoms with Gasteiger partial charge < -0.3 is 5.32 Å². The van der Waals surface area contributed by atoms with Crippen LogP contribution >= 0.6 is 0 Å². The average Bonchev–Trinajstić information content (AvgIpc) is 1.82. The highest BCUT2D eigenvalue weighted by atomic mass is 16.1. The second kappa shape index (κ2) is 4.45. The summed E-state index contributed by atoms with van der Waals surface area (Å²) in [6, 6.07) is 0.209. The summed E-state index contributed by atoms with van der Waals surface area (Å²) in [5, 5.41) is 2.85. The van der Waals surface area contributed by atoms with Crippen LogP contribution in [0.15, 0.2) is 12.2 Å². The van der Waals surface area contributed by atoms with Gasteiger partial charge in [0.2, 0.25) is 5.91 Å². The zero-order valence-corrected chi connectivity index (χ0v) is 9.40. The van der Waals surface area contributed by atoms with Crippen molar-refractivity contribution in [3.05, 3.63) is 12.2 Å². The van der Waals surface area contributed by atoms with Gasteiger partial charge in [-0.3, -0.25) is 4.79 Å². The molecule has 76 valence electrons. The third-order valence-corrected chi connectivity index (χ3v) is 1.88.